The summed E-state index contributed by atoms with van der Waals surface area (Å²) in [6, 6.07) is 22.3. The maximum Gasteiger partial charge on any atom is 0.258 e. The summed E-state index contributed by atoms with van der Waals surface area (Å²) in [4.78, 5) is 31.6. The average Bonchev–Trinajstić information content (AvgIpc) is 3.52. The zero-order chi connectivity index (χ0) is 24.4. The van der Waals surface area contributed by atoms with Crippen molar-refractivity contribution in [1.29, 1.82) is 0 Å². The van der Waals surface area contributed by atoms with E-state index in [1.165, 1.54) is 0 Å². The van der Waals surface area contributed by atoms with Gasteiger partial charge in [-0.3, -0.25) is 9.59 Å². The first-order valence-electron chi connectivity index (χ1n) is 11.3. The van der Waals surface area contributed by atoms with Gasteiger partial charge in [-0.25, -0.2) is 0 Å². The van der Waals surface area contributed by atoms with Gasteiger partial charge in [-0.2, -0.15) is 4.98 Å². The third kappa shape index (κ3) is 4.77. The van der Waals surface area contributed by atoms with Crippen molar-refractivity contribution in [3.8, 4) is 28.6 Å². The Labute approximate surface area is 202 Å². The van der Waals surface area contributed by atoms with Crippen LogP contribution in [0.1, 0.15) is 12.0 Å². The Morgan fingerprint density at radius 3 is 2.57 bits per heavy atom. The molecule has 2 heterocycles. The van der Waals surface area contributed by atoms with Crippen molar-refractivity contribution in [2.45, 2.75) is 13.3 Å². The molecule has 0 radical (unpaired) electrons. The number of methoxy groups -OCH3 is 1. The highest BCUT2D eigenvalue weighted by atomic mass is 16.5. The Balaban J connectivity index is 1.27. The molecule has 1 fully saturated rings. The standard InChI is InChI=1S/C27H24N4O4/c1-17-6-8-18(9-7-17)25-29-27(35-30-25)19-4-3-5-21(14-19)28-26(33)20-15-24(32)31(16-20)22-10-12-23(34-2)13-11-22/h3-14,20H,15-16H2,1-2H3,(H,28,33)/t20-/m0/s1. The van der Waals surface area contributed by atoms with Gasteiger partial charge in [-0.15, -0.1) is 0 Å². The lowest BCUT2D eigenvalue weighted by Gasteiger charge is -2.17. The summed E-state index contributed by atoms with van der Waals surface area (Å²) in [6.07, 6.45) is 0.154. The minimum Gasteiger partial charge on any atom is -0.497 e. The molecule has 35 heavy (non-hydrogen) atoms. The van der Waals surface area contributed by atoms with E-state index in [1.807, 2.05) is 55.5 Å². The minimum absolute atomic E-state index is 0.0847. The quantitative estimate of drug-likeness (QED) is 0.440. The number of carbonyl (C=O) groups excluding carboxylic acids is 2. The highest BCUT2D eigenvalue weighted by Crippen LogP contribution is 2.29. The number of aryl methyl sites for hydroxylation is 1. The predicted molar refractivity (Wildman–Crippen MR) is 132 cm³/mol. The fourth-order valence-electron chi connectivity index (χ4n) is 4.03. The summed E-state index contributed by atoms with van der Waals surface area (Å²) >= 11 is 0. The van der Waals surface area contributed by atoms with Crippen LogP contribution in [0, 0.1) is 12.8 Å². The number of amides is 2. The topological polar surface area (TPSA) is 97.6 Å². The van der Waals surface area contributed by atoms with Crippen molar-refractivity contribution in [1.82, 2.24) is 10.1 Å². The van der Waals surface area contributed by atoms with E-state index >= 15 is 0 Å². The first-order chi connectivity index (χ1) is 17.0. The molecule has 0 saturated carbocycles. The number of rotatable bonds is 6. The third-order valence-electron chi connectivity index (χ3n) is 5.99. The molecular formula is C27H24N4O4. The first-order valence-corrected chi connectivity index (χ1v) is 11.3. The Kier molecular flexibility index (Phi) is 6.01. The van der Waals surface area contributed by atoms with E-state index in [4.69, 9.17) is 9.26 Å². The van der Waals surface area contributed by atoms with Crippen molar-refractivity contribution in [2.24, 2.45) is 5.92 Å². The van der Waals surface area contributed by atoms with E-state index < -0.39 is 5.92 Å². The second kappa shape index (κ2) is 9.42. The van der Waals surface area contributed by atoms with Gasteiger partial charge >= 0.3 is 0 Å². The largest absolute Gasteiger partial charge is 0.497 e. The predicted octanol–water partition coefficient (Wildman–Crippen LogP) is 4.71. The fraction of sp³-hybridized carbons (Fsp3) is 0.185. The first kappa shape index (κ1) is 22.3. The van der Waals surface area contributed by atoms with Gasteiger partial charge in [-0.05, 0) is 49.4 Å². The van der Waals surface area contributed by atoms with Gasteiger partial charge in [0, 0.05) is 35.5 Å². The van der Waals surface area contributed by atoms with Crippen LogP contribution in [0.3, 0.4) is 0 Å². The van der Waals surface area contributed by atoms with Crippen LogP contribution in [0.25, 0.3) is 22.8 Å². The summed E-state index contributed by atoms with van der Waals surface area (Å²) in [5.74, 6) is 0.818. The molecule has 1 atom stereocenters. The number of nitrogens with one attached hydrogen (secondary N) is 1. The third-order valence-corrected chi connectivity index (χ3v) is 5.99. The number of aromatic nitrogens is 2. The summed E-state index contributed by atoms with van der Waals surface area (Å²) in [6.45, 7) is 2.34. The second-order valence-electron chi connectivity index (χ2n) is 8.46. The smallest absolute Gasteiger partial charge is 0.258 e. The van der Waals surface area contributed by atoms with Crippen LogP contribution in [0.4, 0.5) is 11.4 Å². The van der Waals surface area contributed by atoms with Crippen LogP contribution in [0.2, 0.25) is 0 Å². The number of ether oxygens (including phenoxy) is 1. The zero-order valence-corrected chi connectivity index (χ0v) is 19.4. The number of hydrogen-bond donors (Lipinski definition) is 1. The van der Waals surface area contributed by atoms with Gasteiger partial charge in [0.2, 0.25) is 17.6 Å². The number of anilines is 2. The molecule has 1 aliphatic heterocycles. The normalized spacial score (nSPS) is 15.3. The van der Waals surface area contributed by atoms with Gasteiger partial charge in [0.05, 0.1) is 13.0 Å². The molecule has 8 heteroatoms. The Hall–Kier alpha value is -4.46. The fourth-order valence-corrected chi connectivity index (χ4v) is 4.03. The summed E-state index contributed by atoms with van der Waals surface area (Å²) in [7, 11) is 1.59. The van der Waals surface area contributed by atoms with Crippen molar-refractivity contribution in [3.05, 3.63) is 78.4 Å². The molecule has 2 amide bonds. The molecule has 3 aromatic carbocycles. The van der Waals surface area contributed by atoms with Gasteiger partial charge in [0.1, 0.15) is 5.75 Å². The molecule has 8 nitrogen and oxygen atoms in total. The van der Waals surface area contributed by atoms with Gasteiger partial charge in [0.25, 0.3) is 5.89 Å². The Bertz CT molecular complexity index is 1360. The number of benzene rings is 3. The van der Waals surface area contributed by atoms with Crippen molar-refractivity contribution >= 4 is 23.2 Å². The molecule has 0 aliphatic carbocycles. The van der Waals surface area contributed by atoms with Crippen molar-refractivity contribution in [3.63, 3.8) is 0 Å². The summed E-state index contributed by atoms with van der Waals surface area (Å²) in [5.41, 5.74) is 4.04. The Morgan fingerprint density at radius 2 is 1.83 bits per heavy atom. The maximum atomic E-state index is 12.9. The SMILES string of the molecule is COc1ccc(N2C[C@@H](C(=O)Nc3cccc(-c4nc(-c5ccc(C)cc5)no4)c3)CC2=O)cc1. The highest BCUT2D eigenvalue weighted by Gasteiger charge is 2.35. The summed E-state index contributed by atoms with van der Waals surface area (Å²) in [5, 5.41) is 7.00. The van der Waals surface area contributed by atoms with Crippen LogP contribution < -0.4 is 15.0 Å². The van der Waals surface area contributed by atoms with E-state index in [2.05, 4.69) is 15.5 Å². The van der Waals surface area contributed by atoms with Gasteiger partial charge in [0.15, 0.2) is 0 Å². The lowest BCUT2D eigenvalue weighted by molar-refractivity contribution is -0.122. The lowest BCUT2D eigenvalue weighted by Crippen LogP contribution is -2.28. The van der Waals surface area contributed by atoms with Crippen molar-refractivity contribution in [2.75, 3.05) is 23.9 Å². The second-order valence-corrected chi connectivity index (χ2v) is 8.46. The molecular weight excluding hydrogens is 444 g/mol. The molecule has 5 rings (SSSR count). The number of carbonyl (C=O) groups is 2. The monoisotopic (exact) mass is 468 g/mol. The Morgan fingerprint density at radius 1 is 1.06 bits per heavy atom. The van der Waals surface area contributed by atoms with Crippen LogP contribution in [-0.2, 0) is 9.59 Å². The molecule has 1 aromatic heterocycles. The number of nitrogens with zero attached hydrogens (tertiary/aromatic N) is 3. The van der Waals surface area contributed by atoms with E-state index in [9.17, 15) is 9.59 Å². The molecule has 176 valence electrons. The molecule has 0 unspecified atom stereocenters. The molecule has 1 aliphatic rings. The van der Waals surface area contributed by atoms with Crippen molar-refractivity contribution < 1.29 is 18.8 Å². The summed E-state index contributed by atoms with van der Waals surface area (Å²) < 4.78 is 10.6. The molecule has 0 bridgehead atoms. The molecule has 1 saturated heterocycles. The minimum atomic E-state index is -0.454. The van der Waals surface area contributed by atoms with Gasteiger partial charge in [-0.1, -0.05) is 41.1 Å². The average molecular weight is 469 g/mol. The van der Waals surface area contributed by atoms with Crippen LogP contribution in [0.15, 0.2) is 77.3 Å². The van der Waals surface area contributed by atoms with E-state index in [1.54, 1.807) is 36.3 Å². The molecule has 4 aromatic rings. The number of hydrogen-bond acceptors (Lipinski definition) is 6. The molecule has 0 spiro atoms. The van der Waals surface area contributed by atoms with E-state index in [0.29, 0.717) is 35.3 Å². The van der Waals surface area contributed by atoms with Crippen LogP contribution in [-0.4, -0.2) is 35.6 Å². The lowest BCUT2D eigenvalue weighted by atomic mass is 10.1. The van der Waals surface area contributed by atoms with Crippen LogP contribution in [0.5, 0.6) is 5.75 Å². The van der Waals surface area contributed by atoms with Gasteiger partial charge < -0.3 is 19.5 Å². The highest BCUT2D eigenvalue weighted by molar-refractivity contribution is 6.03. The molecule has 1 N–H and O–H groups in total. The van der Waals surface area contributed by atoms with E-state index in [0.717, 1.165) is 16.8 Å². The zero-order valence-electron chi connectivity index (χ0n) is 19.4. The van der Waals surface area contributed by atoms with Crippen LogP contribution >= 0.6 is 0 Å². The van der Waals surface area contributed by atoms with E-state index in [-0.39, 0.29) is 18.2 Å². The maximum absolute atomic E-state index is 12.9.